The van der Waals surface area contributed by atoms with Crippen molar-refractivity contribution in [3.63, 3.8) is 0 Å². The van der Waals surface area contributed by atoms with Crippen LogP contribution in [0.2, 0.25) is 0 Å². The quantitative estimate of drug-likeness (QED) is 0.0842. The third kappa shape index (κ3) is 25.2. The number of fused-ring (bicyclic) bond motifs is 2. The number of aliphatic hydroxyl groups excluding tert-OH is 9. The second-order valence-electron chi connectivity index (χ2n) is 21.9. The lowest BCUT2D eigenvalue weighted by molar-refractivity contribution is -0.311. The zero-order valence-corrected chi connectivity index (χ0v) is 47.5. The molecule has 1 amide bonds. The van der Waals surface area contributed by atoms with Gasteiger partial charge in [-0.25, -0.2) is 0 Å². The number of cyclic esters (lactones) is 1. The van der Waals surface area contributed by atoms with Crippen molar-refractivity contribution in [2.45, 2.75) is 196 Å². The molecule has 0 unspecified atom stereocenters. The van der Waals surface area contributed by atoms with Crippen LogP contribution in [0.3, 0.4) is 0 Å². The number of nitrogens with zero attached hydrogens (tertiary/aromatic N) is 2. The van der Waals surface area contributed by atoms with Crippen molar-refractivity contribution >= 4 is 11.9 Å². The fourth-order valence-electron chi connectivity index (χ4n) is 10.1. The summed E-state index contributed by atoms with van der Waals surface area (Å²) in [5, 5.41) is 116. The number of aliphatic hydroxyl groups is 10. The molecule has 0 saturated carbocycles. The second kappa shape index (κ2) is 36.8. The molecule has 3 aliphatic rings. The predicted octanol–water partition coefficient (Wildman–Crippen LogP) is 0.736. The van der Waals surface area contributed by atoms with Crippen LogP contribution in [0.4, 0.5) is 0 Å². The predicted molar refractivity (Wildman–Crippen MR) is 300 cm³/mol. The summed E-state index contributed by atoms with van der Waals surface area (Å²) in [6, 6.07) is -0.845. The average Bonchev–Trinajstić information content (AvgIpc) is 3.46. The molecular weight excluding hydrogens is 1020 g/mol. The summed E-state index contributed by atoms with van der Waals surface area (Å²) in [6.07, 6.45) is 6.96. The first-order valence-corrected chi connectivity index (χ1v) is 28.3. The fourth-order valence-corrected chi connectivity index (χ4v) is 10.1. The number of carbonyl (C=O) groups excluding carboxylic acids is 2. The molecule has 2 fully saturated rings. The lowest BCUT2D eigenvalue weighted by Crippen LogP contribution is -2.64. The van der Waals surface area contributed by atoms with Gasteiger partial charge in [-0.1, -0.05) is 98.9 Å². The van der Waals surface area contributed by atoms with E-state index in [1.54, 1.807) is 51.2 Å². The highest BCUT2D eigenvalue weighted by molar-refractivity contribution is 5.80. The van der Waals surface area contributed by atoms with Gasteiger partial charge in [0.1, 0.15) is 12.2 Å². The molecule has 2 bridgehead atoms. The largest absolute Gasteiger partial charge is 0.462 e. The van der Waals surface area contributed by atoms with Crippen LogP contribution < -0.4 is 16.8 Å². The number of nitrogens with one attached hydrogen (secondary N) is 1. The zero-order valence-electron chi connectivity index (χ0n) is 47.5. The highest BCUT2D eigenvalue weighted by Gasteiger charge is 2.51. The summed E-state index contributed by atoms with van der Waals surface area (Å²) < 4.78 is 24.6. The Bertz CT molecular complexity index is 1950. The highest BCUT2D eigenvalue weighted by Crippen LogP contribution is 2.38. The Hall–Kier alpha value is -3.56. The fraction of sp³-hybridized carbons (Fsp3) is 0.724. The monoisotopic (exact) mass is 1120 g/mol. The summed E-state index contributed by atoms with van der Waals surface area (Å²) in [4.78, 5) is 30.7. The van der Waals surface area contributed by atoms with Crippen LogP contribution >= 0.6 is 0 Å². The Labute approximate surface area is 468 Å². The number of nitrogens with two attached hydrogens (primary N) is 2. The molecule has 15 N–H and O–H groups in total. The number of amides is 1. The van der Waals surface area contributed by atoms with Crippen molar-refractivity contribution in [3.8, 4) is 0 Å². The Kier molecular flexibility index (Phi) is 32.5. The highest BCUT2D eigenvalue weighted by atomic mass is 16.7. The van der Waals surface area contributed by atoms with E-state index < -0.39 is 147 Å². The van der Waals surface area contributed by atoms with E-state index in [1.165, 1.54) is 0 Å². The Morgan fingerprint density at radius 2 is 1.25 bits per heavy atom. The maximum atomic E-state index is 14.1. The number of hydrogen-bond donors (Lipinski definition) is 13. The van der Waals surface area contributed by atoms with Crippen molar-refractivity contribution in [1.29, 1.82) is 0 Å². The first-order valence-electron chi connectivity index (χ1n) is 28.3. The van der Waals surface area contributed by atoms with E-state index in [1.807, 2.05) is 85.5 Å². The molecule has 21 heteroatoms. The third-order valence-electron chi connectivity index (χ3n) is 14.8. The Balaban J connectivity index is 2.02. The molecule has 452 valence electrons. The summed E-state index contributed by atoms with van der Waals surface area (Å²) in [5.74, 6) is -5.57. The molecule has 3 heterocycles. The number of carbonyl (C=O) groups is 2. The van der Waals surface area contributed by atoms with E-state index in [2.05, 4.69) is 5.32 Å². The van der Waals surface area contributed by atoms with Crippen molar-refractivity contribution in [3.05, 3.63) is 85.1 Å². The number of rotatable bonds is 14. The smallest absolute Gasteiger partial charge is 0.308 e. The topological polar surface area (TPSA) is 344 Å². The number of allylic oxidation sites excluding steroid dienone is 12. The van der Waals surface area contributed by atoms with Gasteiger partial charge in [0, 0.05) is 44.1 Å². The van der Waals surface area contributed by atoms with Crippen LogP contribution in [-0.4, -0.2) is 224 Å². The molecule has 3 rings (SSSR count). The second-order valence-corrected chi connectivity index (χ2v) is 21.9. The van der Waals surface area contributed by atoms with Gasteiger partial charge in [-0.05, 0) is 99.2 Å². The minimum atomic E-state index is -2.28. The lowest BCUT2D eigenvalue weighted by Gasteiger charge is -2.48. The van der Waals surface area contributed by atoms with Gasteiger partial charge in [0.25, 0.3) is 0 Å². The van der Waals surface area contributed by atoms with Crippen LogP contribution in [-0.2, 0) is 28.5 Å². The molecule has 0 aromatic heterocycles. The van der Waals surface area contributed by atoms with E-state index in [-0.39, 0.29) is 38.1 Å². The number of esters is 1. The van der Waals surface area contributed by atoms with Crippen LogP contribution in [0.25, 0.3) is 0 Å². The van der Waals surface area contributed by atoms with Gasteiger partial charge in [-0.2, -0.15) is 0 Å². The van der Waals surface area contributed by atoms with Gasteiger partial charge in [0.2, 0.25) is 5.91 Å². The van der Waals surface area contributed by atoms with Crippen LogP contribution in [0.5, 0.6) is 0 Å². The molecular formula is C58H99N5O16. The molecule has 0 spiro atoms. The lowest BCUT2D eigenvalue weighted by atomic mass is 9.82. The molecule has 21 nitrogen and oxygen atoms in total. The average molecular weight is 1120 g/mol. The van der Waals surface area contributed by atoms with E-state index in [0.717, 1.165) is 0 Å². The zero-order chi connectivity index (χ0) is 58.7. The van der Waals surface area contributed by atoms with Crippen LogP contribution in [0.15, 0.2) is 85.1 Å². The standard InChI is InChI=1S/C58H99N5O16/c1-38-22-17-15-13-11-9-7-8-10-12-14-16-18-23-45(78-57-55(73)52(54(72)41(4)77-57)63(30-19-26-59)31-20-27-60)35-49-51(56(74)61-28-21-29-62(5)6)48(69)37-58(75,79-49)36-44(66)33-47(68)46(67)25-24-42(64)32-43(65)34-50(70)76-40(3)39(2)53(38)71/h7-18,22-23,38-49,51-55,57,64-69,71-73,75H,19-21,24-37,59-60H2,1-6H3,(H,61,74)/b8-7+,11-9+,12-10+,15-13+,16-14+,22-17+,23-18+/t38-,39-,40-,41+,42+,43+,44-,45-,46+,47+,48-,49-,51+,52-,53+,54+,55-,57-,58+/m0/s1. The summed E-state index contributed by atoms with van der Waals surface area (Å²) >= 11 is 0. The van der Waals surface area contributed by atoms with E-state index in [0.29, 0.717) is 52.0 Å². The Morgan fingerprint density at radius 3 is 1.84 bits per heavy atom. The maximum Gasteiger partial charge on any atom is 0.308 e. The molecule has 3 aliphatic heterocycles. The molecule has 79 heavy (non-hydrogen) atoms. The maximum absolute atomic E-state index is 14.1. The number of ether oxygens (including phenoxy) is 4. The SMILES string of the molecule is C[C@@H]1[C@H](O)[C@@H](C)/C=C/C=C/C=C/C=C/C=C/C=C/C=C/[C@H](O[C@@H]2O[C@H](C)[C@@H](O)[C@H](N(CCCN)CCCN)[C@@H]2O)C[C@@H]2O[C@](O)(C[C@@H](O)C[C@@H](O)[C@H](O)CC[C@@H](O)C[C@@H](O)CC(=O)O[C@H]1C)C[C@H](O)[C@H]2C(=O)NCCCN(C)C. The van der Waals surface area contributed by atoms with Gasteiger partial charge >= 0.3 is 5.97 Å². The summed E-state index contributed by atoms with van der Waals surface area (Å²) in [5.41, 5.74) is 11.7. The number of hydrogen-bond acceptors (Lipinski definition) is 20. The first-order chi connectivity index (χ1) is 37.5. The minimum absolute atomic E-state index is 0.0956. The molecule has 0 aliphatic carbocycles. The molecule has 19 atom stereocenters. The van der Waals surface area contributed by atoms with Gasteiger partial charge in [0.15, 0.2) is 12.1 Å². The van der Waals surface area contributed by atoms with Crippen molar-refractivity contribution in [2.24, 2.45) is 29.2 Å². The first kappa shape index (κ1) is 69.7. The third-order valence-corrected chi connectivity index (χ3v) is 14.8. The van der Waals surface area contributed by atoms with Gasteiger partial charge in [-0.15, -0.1) is 0 Å². The van der Waals surface area contributed by atoms with Gasteiger partial charge < -0.3 is 91.7 Å². The molecule has 0 aromatic carbocycles. The van der Waals surface area contributed by atoms with Crippen molar-refractivity contribution in [1.82, 2.24) is 15.1 Å². The van der Waals surface area contributed by atoms with Crippen LogP contribution in [0.1, 0.15) is 98.3 Å². The normalized spacial score (nSPS) is 39.7. The van der Waals surface area contributed by atoms with E-state index >= 15 is 0 Å². The summed E-state index contributed by atoms with van der Waals surface area (Å²) in [7, 11) is 3.79. The molecule has 2 saturated heterocycles. The Morgan fingerprint density at radius 1 is 0.671 bits per heavy atom. The van der Waals surface area contributed by atoms with Gasteiger partial charge in [0.05, 0.1) is 85.5 Å². The van der Waals surface area contributed by atoms with Gasteiger partial charge in [-0.3, -0.25) is 14.5 Å². The van der Waals surface area contributed by atoms with Crippen molar-refractivity contribution in [2.75, 3.05) is 53.4 Å². The summed E-state index contributed by atoms with van der Waals surface area (Å²) in [6.45, 7) is 9.50. The molecule has 0 radical (unpaired) electrons. The van der Waals surface area contributed by atoms with E-state index in [9.17, 15) is 60.7 Å². The minimum Gasteiger partial charge on any atom is -0.462 e. The van der Waals surface area contributed by atoms with Crippen molar-refractivity contribution < 1.29 is 79.6 Å². The molecule has 0 aromatic rings. The van der Waals surface area contributed by atoms with Crippen LogP contribution in [0, 0.1) is 17.8 Å². The van der Waals surface area contributed by atoms with E-state index in [4.69, 9.17) is 30.4 Å².